The lowest BCUT2D eigenvalue weighted by Gasteiger charge is -2.37. The Kier molecular flexibility index (Phi) is 5.11. The van der Waals surface area contributed by atoms with Gasteiger partial charge in [0.15, 0.2) is 0 Å². The van der Waals surface area contributed by atoms with Crippen LogP contribution in [0.5, 0.6) is 5.75 Å². The highest BCUT2D eigenvalue weighted by Crippen LogP contribution is 2.20. The third-order valence-electron chi connectivity index (χ3n) is 4.60. The molecule has 0 bridgehead atoms. The molecular formula is C19H23N3O2. The molecule has 3 rings (SSSR count). The largest absolute Gasteiger partial charge is 0.508 e. The summed E-state index contributed by atoms with van der Waals surface area (Å²) in [5, 5.41) is 9.50. The molecule has 2 heterocycles. The van der Waals surface area contributed by atoms with Crippen molar-refractivity contribution in [1.82, 2.24) is 14.8 Å². The van der Waals surface area contributed by atoms with Gasteiger partial charge in [0.05, 0.1) is 12.1 Å². The van der Waals surface area contributed by atoms with Crippen molar-refractivity contribution >= 4 is 5.91 Å². The summed E-state index contributed by atoms with van der Waals surface area (Å²) in [4.78, 5) is 21.1. The van der Waals surface area contributed by atoms with Crippen LogP contribution in [-0.2, 0) is 11.2 Å². The van der Waals surface area contributed by atoms with Crippen molar-refractivity contribution in [3.05, 3.63) is 59.9 Å². The van der Waals surface area contributed by atoms with E-state index >= 15 is 0 Å². The first-order valence-electron chi connectivity index (χ1n) is 8.34. The number of carbonyl (C=O) groups is 1. The van der Waals surface area contributed by atoms with E-state index in [9.17, 15) is 9.90 Å². The molecule has 2 aromatic rings. The number of pyridine rings is 1. The zero-order valence-corrected chi connectivity index (χ0v) is 13.9. The zero-order valence-electron chi connectivity index (χ0n) is 13.9. The first kappa shape index (κ1) is 16.5. The summed E-state index contributed by atoms with van der Waals surface area (Å²) in [5.74, 6) is 0.319. The molecule has 0 aliphatic carbocycles. The molecule has 1 amide bonds. The van der Waals surface area contributed by atoms with Gasteiger partial charge in [0.1, 0.15) is 5.75 Å². The Morgan fingerprint density at radius 1 is 1.17 bits per heavy atom. The molecule has 1 N–H and O–H groups in total. The van der Waals surface area contributed by atoms with Gasteiger partial charge in [0.2, 0.25) is 5.91 Å². The van der Waals surface area contributed by atoms with E-state index in [0.717, 1.165) is 37.4 Å². The maximum atomic E-state index is 12.4. The van der Waals surface area contributed by atoms with Crippen LogP contribution in [0, 0.1) is 0 Å². The summed E-state index contributed by atoms with van der Waals surface area (Å²) in [6.45, 7) is 5.32. The van der Waals surface area contributed by atoms with E-state index in [4.69, 9.17) is 0 Å². The molecule has 5 heteroatoms. The molecule has 1 aromatic carbocycles. The lowest BCUT2D eigenvalue weighted by molar-refractivity contribution is -0.132. The minimum absolute atomic E-state index is 0.116. The maximum Gasteiger partial charge on any atom is 0.227 e. The Morgan fingerprint density at radius 2 is 1.96 bits per heavy atom. The molecule has 0 radical (unpaired) electrons. The van der Waals surface area contributed by atoms with Gasteiger partial charge in [0, 0.05) is 38.4 Å². The number of rotatable bonds is 4. The number of hydrogen-bond acceptors (Lipinski definition) is 4. The molecule has 1 fully saturated rings. The highest BCUT2D eigenvalue weighted by molar-refractivity contribution is 5.79. The van der Waals surface area contributed by atoms with Crippen LogP contribution in [0.15, 0.2) is 48.7 Å². The van der Waals surface area contributed by atoms with Crippen molar-refractivity contribution in [1.29, 1.82) is 0 Å². The zero-order chi connectivity index (χ0) is 16.9. The molecule has 0 spiro atoms. The average Bonchev–Trinajstić information content (AvgIpc) is 2.62. The fraction of sp³-hybridized carbons (Fsp3) is 0.368. The predicted octanol–water partition coefficient (Wildman–Crippen LogP) is 2.24. The Hall–Kier alpha value is -2.40. The molecule has 5 nitrogen and oxygen atoms in total. The van der Waals surface area contributed by atoms with Gasteiger partial charge in [-0.3, -0.25) is 14.7 Å². The van der Waals surface area contributed by atoms with Crippen LogP contribution >= 0.6 is 0 Å². The lowest BCUT2D eigenvalue weighted by atomic mass is 10.1. The van der Waals surface area contributed by atoms with Crippen molar-refractivity contribution in [2.45, 2.75) is 19.4 Å². The number of hydrogen-bond donors (Lipinski definition) is 1. The SMILES string of the molecule is C[C@@H](c1ccccn1)N1CCN(C(=O)Cc2cccc(O)c2)CC1. The maximum absolute atomic E-state index is 12.4. The summed E-state index contributed by atoms with van der Waals surface area (Å²) in [7, 11) is 0. The van der Waals surface area contributed by atoms with Gasteiger partial charge in [-0.1, -0.05) is 18.2 Å². The summed E-state index contributed by atoms with van der Waals surface area (Å²) in [6.07, 6.45) is 2.16. The highest BCUT2D eigenvalue weighted by atomic mass is 16.3. The van der Waals surface area contributed by atoms with Crippen molar-refractivity contribution in [3.63, 3.8) is 0 Å². The van der Waals surface area contributed by atoms with Gasteiger partial charge in [-0.05, 0) is 36.8 Å². The minimum atomic E-state index is 0.116. The molecule has 1 atom stereocenters. The Labute approximate surface area is 142 Å². The van der Waals surface area contributed by atoms with E-state index in [1.807, 2.05) is 35.4 Å². The fourth-order valence-corrected chi connectivity index (χ4v) is 3.12. The van der Waals surface area contributed by atoms with Gasteiger partial charge in [0.25, 0.3) is 0 Å². The van der Waals surface area contributed by atoms with E-state index in [-0.39, 0.29) is 17.7 Å². The lowest BCUT2D eigenvalue weighted by Crippen LogP contribution is -2.49. The van der Waals surface area contributed by atoms with Crippen molar-refractivity contribution in [2.24, 2.45) is 0 Å². The first-order valence-corrected chi connectivity index (χ1v) is 8.34. The molecule has 24 heavy (non-hydrogen) atoms. The van der Waals surface area contributed by atoms with Gasteiger partial charge in [-0.25, -0.2) is 0 Å². The Balaban J connectivity index is 1.54. The first-order chi connectivity index (χ1) is 11.6. The summed E-state index contributed by atoms with van der Waals surface area (Å²) < 4.78 is 0. The van der Waals surface area contributed by atoms with Gasteiger partial charge >= 0.3 is 0 Å². The van der Waals surface area contributed by atoms with Crippen LogP contribution in [-0.4, -0.2) is 52.0 Å². The van der Waals surface area contributed by atoms with Crippen LogP contribution in [0.1, 0.15) is 24.2 Å². The van der Waals surface area contributed by atoms with Crippen LogP contribution < -0.4 is 0 Å². The minimum Gasteiger partial charge on any atom is -0.508 e. The summed E-state index contributed by atoms with van der Waals surface area (Å²) >= 11 is 0. The van der Waals surface area contributed by atoms with Crippen LogP contribution in [0.2, 0.25) is 0 Å². The van der Waals surface area contributed by atoms with Gasteiger partial charge < -0.3 is 10.0 Å². The van der Waals surface area contributed by atoms with Gasteiger partial charge in [-0.15, -0.1) is 0 Å². The number of piperazine rings is 1. The number of aromatic nitrogens is 1. The molecule has 1 aromatic heterocycles. The van der Waals surface area contributed by atoms with Crippen LogP contribution in [0.3, 0.4) is 0 Å². The summed E-state index contributed by atoms with van der Waals surface area (Å²) in [5.41, 5.74) is 1.92. The standard InChI is InChI=1S/C19H23N3O2/c1-15(18-7-2-3-8-20-18)21-9-11-22(12-10-21)19(24)14-16-5-4-6-17(23)13-16/h2-8,13,15,23H,9-12,14H2,1H3/t15-/m0/s1. The second-order valence-corrected chi connectivity index (χ2v) is 6.19. The van der Waals surface area contributed by atoms with E-state index < -0.39 is 0 Å². The second-order valence-electron chi connectivity index (χ2n) is 6.19. The van der Waals surface area contributed by atoms with E-state index in [1.54, 1.807) is 18.2 Å². The van der Waals surface area contributed by atoms with E-state index in [0.29, 0.717) is 6.42 Å². The van der Waals surface area contributed by atoms with Crippen molar-refractivity contribution in [2.75, 3.05) is 26.2 Å². The summed E-state index contributed by atoms with van der Waals surface area (Å²) in [6, 6.07) is 13.1. The predicted molar refractivity (Wildman–Crippen MR) is 92.6 cm³/mol. The Bertz CT molecular complexity index is 682. The third-order valence-corrected chi connectivity index (χ3v) is 4.60. The topological polar surface area (TPSA) is 56.7 Å². The average molecular weight is 325 g/mol. The van der Waals surface area contributed by atoms with Gasteiger partial charge in [-0.2, -0.15) is 0 Å². The van der Waals surface area contributed by atoms with E-state index in [1.165, 1.54) is 0 Å². The number of carbonyl (C=O) groups excluding carboxylic acids is 1. The fourth-order valence-electron chi connectivity index (χ4n) is 3.12. The molecule has 1 aliphatic heterocycles. The molecule has 1 saturated heterocycles. The number of aromatic hydroxyl groups is 1. The molecular weight excluding hydrogens is 302 g/mol. The molecule has 0 saturated carbocycles. The number of phenolic OH excluding ortho intramolecular Hbond substituents is 1. The van der Waals surface area contributed by atoms with Crippen molar-refractivity contribution in [3.8, 4) is 5.75 Å². The number of amides is 1. The normalized spacial score (nSPS) is 16.8. The second kappa shape index (κ2) is 7.45. The smallest absolute Gasteiger partial charge is 0.227 e. The quantitative estimate of drug-likeness (QED) is 0.937. The van der Waals surface area contributed by atoms with Crippen molar-refractivity contribution < 1.29 is 9.90 Å². The van der Waals surface area contributed by atoms with E-state index in [2.05, 4.69) is 16.8 Å². The van der Waals surface area contributed by atoms with Crippen LogP contribution in [0.4, 0.5) is 0 Å². The van der Waals surface area contributed by atoms with Crippen LogP contribution in [0.25, 0.3) is 0 Å². The number of benzene rings is 1. The Morgan fingerprint density at radius 3 is 2.62 bits per heavy atom. The third kappa shape index (κ3) is 3.92. The molecule has 1 aliphatic rings. The highest BCUT2D eigenvalue weighted by Gasteiger charge is 2.25. The number of nitrogens with zero attached hydrogens (tertiary/aromatic N) is 3. The molecule has 126 valence electrons. The monoisotopic (exact) mass is 325 g/mol. The molecule has 0 unspecified atom stereocenters. The number of phenols is 1.